The second kappa shape index (κ2) is 9.40. The molecule has 1 unspecified atom stereocenters. The fraction of sp³-hybridized carbons (Fsp3) is 0.500. The van der Waals surface area contributed by atoms with Crippen LogP contribution in [-0.2, 0) is 11.3 Å². The van der Waals surface area contributed by atoms with E-state index in [1.807, 2.05) is 32.9 Å². The van der Waals surface area contributed by atoms with Gasteiger partial charge in [-0.15, -0.1) is 0 Å². The third-order valence-electron chi connectivity index (χ3n) is 5.08. The van der Waals surface area contributed by atoms with E-state index in [1.165, 1.54) is 5.56 Å². The maximum Gasteiger partial charge on any atom is 0.416 e. The van der Waals surface area contributed by atoms with Crippen LogP contribution < -0.4 is 4.90 Å². The SMILES string of the molecule is CCCN(C(=O)OC(C)(C)C)c1ncccc1C1CCCN1Cc1ccccc1. The summed E-state index contributed by atoms with van der Waals surface area (Å²) in [4.78, 5) is 21.8. The van der Waals surface area contributed by atoms with E-state index >= 15 is 0 Å². The predicted octanol–water partition coefficient (Wildman–Crippen LogP) is 5.57. The Kier molecular flexibility index (Phi) is 6.91. The molecule has 1 amide bonds. The molecule has 0 N–H and O–H groups in total. The van der Waals surface area contributed by atoms with Gasteiger partial charge in [0, 0.05) is 30.9 Å². The molecule has 5 nitrogen and oxygen atoms in total. The number of hydrogen-bond acceptors (Lipinski definition) is 4. The number of anilines is 1. The van der Waals surface area contributed by atoms with Gasteiger partial charge in [-0.1, -0.05) is 43.3 Å². The summed E-state index contributed by atoms with van der Waals surface area (Å²) in [6.45, 7) is 10.3. The molecule has 5 heteroatoms. The Morgan fingerprint density at radius 1 is 1.21 bits per heavy atom. The molecule has 0 spiro atoms. The highest BCUT2D eigenvalue weighted by atomic mass is 16.6. The van der Waals surface area contributed by atoms with Gasteiger partial charge in [-0.05, 0) is 58.2 Å². The summed E-state index contributed by atoms with van der Waals surface area (Å²) in [5.41, 5.74) is 1.88. The smallest absolute Gasteiger partial charge is 0.416 e. The zero-order valence-electron chi connectivity index (χ0n) is 18.1. The van der Waals surface area contributed by atoms with Gasteiger partial charge in [0.2, 0.25) is 0 Å². The minimum absolute atomic E-state index is 0.251. The molecule has 1 aliphatic heterocycles. The quantitative estimate of drug-likeness (QED) is 0.641. The molecule has 156 valence electrons. The van der Waals surface area contributed by atoms with Crippen LogP contribution in [-0.4, -0.2) is 34.7 Å². The van der Waals surface area contributed by atoms with E-state index < -0.39 is 5.60 Å². The monoisotopic (exact) mass is 395 g/mol. The normalized spacial score (nSPS) is 17.3. The molecular weight excluding hydrogens is 362 g/mol. The van der Waals surface area contributed by atoms with Gasteiger partial charge in [0.15, 0.2) is 0 Å². The van der Waals surface area contributed by atoms with Crippen LogP contribution in [0.1, 0.15) is 64.1 Å². The van der Waals surface area contributed by atoms with Gasteiger partial charge >= 0.3 is 6.09 Å². The molecule has 0 radical (unpaired) electrons. The summed E-state index contributed by atoms with van der Waals surface area (Å²) in [7, 11) is 0. The summed E-state index contributed by atoms with van der Waals surface area (Å²) in [6, 6.07) is 14.9. The molecule has 1 aromatic carbocycles. The highest BCUT2D eigenvalue weighted by molar-refractivity contribution is 5.87. The molecule has 3 rings (SSSR count). The summed E-state index contributed by atoms with van der Waals surface area (Å²) in [6.07, 6.45) is 4.49. The van der Waals surface area contributed by atoms with Gasteiger partial charge in [0.25, 0.3) is 0 Å². The number of aromatic nitrogens is 1. The van der Waals surface area contributed by atoms with Crippen molar-refractivity contribution in [2.75, 3.05) is 18.0 Å². The molecule has 0 bridgehead atoms. The molecular formula is C24H33N3O2. The Bertz CT molecular complexity index is 801. The largest absolute Gasteiger partial charge is 0.443 e. The third-order valence-corrected chi connectivity index (χ3v) is 5.08. The number of amides is 1. The van der Waals surface area contributed by atoms with Crippen LogP contribution in [0.2, 0.25) is 0 Å². The van der Waals surface area contributed by atoms with Gasteiger partial charge in [-0.3, -0.25) is 9.80 Å². The lowest BCUT2D eigenvalue weighted by atomic mass is 10.0. The number of benzene rings is 1. The van der Waals surface area contributed by atoms with Crippen molar-refractivity contribution in [3.8, 4) is 0 Å². The topological polar surface area (TPSA) is 45.7 Å². The molecule has 2 heterocycles. The molecule has 1 atom stereocenters. The Hall–Kier alpha value is -2.40. The van der Waals surface area contributed by atoms with E-state index in [0.717, 1.165) is 43.7 Å². The predicted molar refractivity (Wildman–Crippen MR) is 117 cm³/mol. The molecule has 1 aromatic heterocycles. The van der Waals surface area contributed by atoms with Gasteiger partial charge in [-0.2, -0.15) is 0 Å². The molecule has 2 aromatic rings. The summed E-state index contributed by atoms with van der Waals surface area (Å²) >= 11 is 0. The van der Waals surface area contributed by atoms with Gasteiger partial charge in [0.1, 0.15) is 11.4 Å². The first-order valence-electron chi connectivity index (χ1n) is 10.6. The molecule has 1 fully saturated rings. The number of hydrogen-bond donors (Lipinski definition) is 0. The number of rotatable bonds is 6. The lowest BCUT2D eigenvalue weighted by molar-refractivity contribution is 0.0578. The minimum Gasteiger partial charge on any atom is -0.443 e. The Labute approximate surface area is 174 Å². The number of ether oxygens (including phenoxy) is 1. The van der Waals surface area contributed by atoms with E-state index in [2.05, 4.69) is 47.1 Å². The third kappa shape index (κ3) is 5.57. The molecule has 1 aliphatic rings. The minimum atomic E-state index is -0.537. The van der Waals surface area contributed by atoms with Crippen molar-refractivity contribution < 1.29 is 9.53 Å². The van der Waals surface area contributed by atoms with Crippen molar-refractivity contribution in [2.24, 2.45) is 0 Å². The van der Waals surface area contributed by atoms with Crippen LogP contribution in [0.15, 0.2) is 48.7 Å². The Morgan fingerprint density at radius 2 is 1.97 bits per heavy atom. The maximum atomic E-state index is 12.9. The van der Waals surface area contributed by atoms with Crippen LogP contribution in [0, 0.1) is 0 Å². The standard InChI is InChI=1S/C24H33N3O2/c1-5-16-27(23(28)29-24(2,3)4)22-20(13-9-15-25-22)21-14-10-17-26(21)18-19-11-7-6-8-12-19/h6-9,11-13,15,21H,5,10,14,16-18H2,1-4H3. The molecule has 0 saturated carbocycles. The second-order valence-corrected chi connectivity index (χ2v) is 8.66. The average Bonchev–Trinajstić information content (AvgIpc) is 3.13. The molecule has 1 saturated heterocycles. The van der Waals surface area contributed by atoms with Crippen molar-refractivity contribution in [1.29, 1.82) is 0 Å². The number of pyridine rings is 1. The lowest BCUT2D eigenvalue weighted by Gasteiger charge is -2.31. The van der Waals surface area contributed by atoms with Crippen molar-refractivity contribution in [2.45, 2.75) is 65.1 Å². The molecule has 0 aliphatic carbocycles. The van der Waals surface area contributed by atoms with E-state index in [9.17, 15) is 4.79 Å². The van der Waals surface area contributed by atoms with Crippen LogP contribution in [0.4, 0.5) is 10.6 Å². The first-order chi connectivity index (χ1) is 13.9. The van der Waals surface area contributed by atoms with E-state index in [1.54, 1.807) is 11.1 Å². The van der Waals surface area contributed by atoms with Crippen molar-refractivity contribution in [3.63, 3.8) is 0 Å². The fourth-order valence-electron chi connectivity index (χ4n) is 3.90. The highest BCUT2D eigenvalue weighted by Gasteiger charge is 2.32. The number of carbonyl (C=O) groups is 1. The Balaban J connectivity index is 1.89. The zero-order chi connectivity index (χ0) is 20.9. The van der Waals surface area contributed by atoms with Gasteiger partial charge in [-0.25, -0.2) is 9.78 Å². The number of carbonyl (C=O) groups excluding carboxylic acids is 1. The van der Waals surface area contributed by atoms with Gasteiger partial charge < -0.3 is 4.74 Å². The van der Waals surface area contributed by atoms with Gasteiger partial charge in [0.05, 0.1) is 0 Å². The fourth-order valence-corrected chi connectivity index (χ4v) is 3.90. The first kappa shape index (κ1) is 21.3. The zero-order valence-corrected chi connectivity index (χ0v) is 18.1. The van der Waals surface area contributed by atoms with Crippen molar-refractivity contribution >= 4 is 11.9 Å². The molecule has 29 heavy (non-hydrogen) atoms. The maximum absolute atomic E-state index is 12.9. The van der Waals surface area contributed by atoms with E-state index in [0.29, 0.717) is 6.54 Å². The first-order valence-corrected chi connectivity index (χ1v) is 10.6. The number of likely N-dealkylation sites (tertiary alicyclic amines) is 1. The van der Waals surface area contributed by atoms with Crippen LogP contribution in [0.5, 0.6) is 0 Å². The second-order valence-electron chi connectivity index (χ2n) is 8.66. The van der Waals surface area contributed by atoms with Crippen molar-refractivity contribution in [1.82, 2.24) is 9.88 Å². The summed E-state index contributed by atoms with van der Waals surface area (Å²) in [5.74, 6) is 0.730. The highest BCUT2D eigenvalue weighted by Crippen LogP contribution is 2.37. The lowest BCUT2D eigenvalue weighted by Crippen LogP contribution is -2.39. The average molecular weight is 396 g/mol. The van der Waals surface area contributed by atoms with Crippen LogP contribution in [0.3, 0.4) is 0 Å². The number of nitrogens with zero attached hydrogens (tertiary/aromatic N) is 3. The Morgan fingerprint density at radius 3 is 2.66 bits per heavy atom. The van der Waals surface area contributed by atoms with E-state index in [4.69, 9.17) is 4.74 Å². The van der Waals surface area contributed by atoms with Crippen LogP contribution in [0.25, 0.3) is 0 Å². The van der Waals surface area contributed by atoms with Crippen LogP contribution >= 0.6 is 0 Å². The summed E-state index contributed by atoms with van der Waals surface area (Å²) in [5, 5.41) is 0. The van der Waals surface area contributed by atoms with E-state index in [-0.39, 0.29) is 12.1 Å². The summed E-state index contributed by atoms with van der Waals surface area (Å²) < 4.78 is 5.68. The van der Waals surface area contributed by atoms with Crippen molar-refractivity contribution in [3.05, 3.63) is 59.8 Å².